The molecular weight excluding hydrogens is 338 g/mol. The number of hydrogen-bond acceptors (Lipinski definition) is 5. The lowest BCUT2D eigenvalue weighted by Gasteiger charge is -2.12. The van der Waals surface area contributed by atoms with Gasteiger partial charge in [-0.1, -0.05) is 0 Å². The van der Waals surface area contributed by atoms with Crippen LogP contribution >= 0.6 is 0 Å². The molecule has 0 radical (unpaired) electrons. The number of nitrogens with one attached hydrogen (secondary N) is 1. The predicted octanol–water partition coefficient (Wildman–Crippen LogP) is 3.04. The zero-order valence-electron chi connectivity index (χ0n) is 14.8. The van der Waals surface area contributed by atoms with Crippen molar-refractivity contribution in [3.8, 4) is 5.75 Å². The van der Waals surface area contributed by atoms with Crippen molar-refractivity contribution in [2.75, 3.05) is 14.2 Å². The summed E-state index contributed by atoms with van der Waals surface area (Å²) in [5, 5.41) is 0.443. The minimum absolute atomic E-state index is 0.305. The highest BCUT2D eigenvalue weighted by molar-refractivity contribution is 7.84. The van der Waals surface area contributed by atoms with Gasteiger partial charge in [-0.3, -0.25) is 9.19 Å². The Bertz CT molecular complexity index is 937. The van der Waals surface area contributed by atoms with Crippen LogP contribution in [0.5, 0.6) is 5.75 Å². The van der Waals surface area contributed by atoms with Crippen LogP contribution in [0.2, 0.25) is 0 Å². The maximum absolute atomic E-state index is 12.8. The molecule has 0 spiro atoms. The second-order valence-electron chi connectivity index (χ2n) is 5.84. The summed E-state index contributed by atoms with van der Waals surface area (Å²) in [6.07, 6.45) is 1.80. The van der Waals surface area contributed by atoms with Gasteiger partial charge in [-0.25, -0.2) is 4.98 Å². The van der Waals surface area contributed by atoms with Crippen LogP contribution in [0.3, 0.4) is 0 Å². The van der Waals surface area contributed by atoms with Crippen LogP contribution in [-0.2, 0) is 27.9 Å². The van der Waals surface area contributed by atoms with Gasteiger partial charge < -0.3 is 14.5 Å². The second kappa shape index (κ2) is 7.33. The first-order valence-corrected chi connectivity index (χ1v) is 9.20. The van der Waals surface area contributed by atoms with E-state index in [1.807, 2.05) is 32.0 Å². The van der Waals surface area contributed by atoms with Gasteiger partial charge in [0.2, 0.25) is 0 Å². The van der Waals surface area contributed by atoms with Crippen molar-refractivity contribution in [2.45, 2.75) is 31.4 Å². The topological polar surface area (TPSA) is 77.1 Å². The molecule has 0 aliphatic rings. The summed E-state index contributed by atoms with van der Waals surface area (Å²) in [6.45, 7) is 4.51. The lowest BCUT2D eigenvalue weighted by atomic mass is 10.0. The Labute approximate surface area is 149 Å². The first-order valence-electron chi connectivity index (χ1n) is 7.88. The van der Waals surface area contributed by atoms with Gasteiger partial charge in [0, 0.05) is 19.4 Å². The van der Waals surface area contributed by atoms with Crippen LogP contribution in [0.1, 0.15) is 22.4 Å². The number of fused-ring (bicyclic) bond motifs is 1. The Kier molecular flexibility index (Phi) is 5.15. The van der Waals surface area contributed by atoms with E-state index in [0.717, 1.165) is 39.2 Å². The third kappa shape index (κ3) is 3.57. The maximum Gasteiger partial charge on any atom is 0.197 e. The smallest absolute Gasteiger partial charge is 0.197 e. The van der Waals surface area contributed by atoms with E-state index in [2.05, 4.69) is 15.0 Å². The van der Waals surface area contributed by atoms with E-state index in [9.17, 15) is 4.21 Å². The minimum Gasteiger partial charge on any atom is -0.497 e. The molecule has 2 aromatic heterocycles. The summed E-state index contributed by atoms with van der Waals surface area (Å²) >= 11 is 0. The summed E-state index contributed by atoms with van der Waals surface area (Å²) in [4.78, 5) is 12.0. The Morgan fingerprint density at radius 1 is 1.24 bits per heavy atom. The fourth-order valence-electron chi connectivity index (χ4n) is 2.72. The Balaban J connectivity index is 1.88. The molecule has 0 saturated heterocycles. The molecule has 1 atom stereocenters. The number of H-pyrrole nitrogens is 1. The Morgan fingerprint density at radius 2 is 2.04 bits per heavy atom. The van der Waals surface area contributed by atoms with Gasteiger partial charge in [-0.2, -0.15) is 0 Å². The molecule has 0 aliphatic carbocycles. The van der Waals surface area contributed by atoms with Crippen molar-refractivity contribution in [1.29, 1.82) is 0 Å². The van der Waals surface area contributed by atoms with Crippen LogP contribution in [-0.4, -0.2) is 33.4 Å². The average Bonchev–Trinajstić information content (AvgIpc) is 3.04. The van der Waals surface area contributed by atoms with Gasteiger partial charge in [0.05, 0.1) is 47.0 Å². The van der Waals surface area contributed by atoms with Crippen molar-refractivity contribution in [2.24, 2.45) is 0 Å². The number of rotatable bonds is 6. The lowest BCUT2D eigenvalue weighted by molar-refractivity contribution is 0.183. The number of methoxy groups -OCH3 is 2. The van der Waals surface area contributed by atoms with Crippen LogP contribution < -0.4 is 4.74 Å². The van der Waals surface area contributed by atoms with E-state index in [1.54, 1.807) is 20.4 Å². The van der Waals surface area contributed by atoms with Gasteiger partial charge >= 0.3 is 0 Å². The molecule has 1 unspecified atom stereocenters. The summed E-state index contributed by atoms with van der Waals surface area (Å²) in [5.41, 5.74) is 5.56. The van der Waals surface area contributed by atoms with E-state index in [1.165, 1.54) is 0 Å². The summed E-state index contributed by atoms with van der Waals surface area (Å²) < 4.78 is 23.2. The molecule has 0 saturated carbocycles. The van der Waals surface area contributed by atoms with Crippen LogP contribution in [0.25, 0.3) is 11.0 Å². The number of aromatic amines is 1. The van der Waals surface area contributed by atoms with Crippen LogP contribution in [0.15, 0.2) is 29.6 Å². The van der Waals surface area contributed by atoms with Crippen LogP contribution in [0, 0.1) is 13.8 Å². The summed E-state index contributed by atoms with van der Waals surface area (Å²) in [6, 6.07) is 5.52. The molecule has 1 aromatic carbocycles. The van der Waals surface area contributed by atoms with Gasteiger partial charge in [0.25, 0.3) is 0 Å². The number of ether oxygens (including phenoxy) is 2. The summed E-state index contributed by atoms with van der Waals surface area (Å²) in [5.74, 6) is 1.04. The molecule has 3 rings (SSSR count). The molecule has 0 amide bonds. The minimum atomic E-state index is -1.32. The molecule has 2 heterocycles. The van der Waals surface area contributed by atoms with Gasteiger partial charge in [-0.15, -0.1) is 0 Å². The van der Waals surface area contributed by atoms with E-state index in [4.69, 9.17) is 9.47 Å². The van der Waals surface area contributed by atoms with E-state index < -0.39 is 10.8 Å². The molecule has 0 bridgehead atoms. The fraction of sp³-hybridized carbons (Fsp3) is 0.333. The third-order valence-corrected chi connectivity index (χ3v) is 5.38. The number of imidazole rings is 1. The average molecular weight is 359 g/mol. The highest BCUT2D eigenvalue weighted by atomic mass is 32.2. The van der Waals surface area contributed by atoms with Crippen LogP contribution in [0.4, 0.5) is 0 Å². The Morgan fingerprint density at radius 3 is 2.76 bits per heavy atom. The first-order chi connectivity index (χ1) is 12.0. The Hall–Kier alpha value is -2.25. The third-order valence-electron chi connectivity index (χ3n) is 4.22. The standard InChI is InChI=1S/C18H21N3O3S/c1-11-8-19-17(12(2)14(11)9-23-3)10-25(22)18-20-15-6-5-13(24-4)7-16(15)21-18/h5-8H,9-10H2,1-4H3,(H,20,21). The molecule has 6 nitrogen and oxygen atoms in total. The van der Waals surface area contributed by atoms with E-state index in [0.29, 0.717) is 17.5 Å². The van der Waals surface area contributed by atoms with Crippen molar-refractivity contribution in [3.63, 3.8) is 0 Å². The van der Waals surface area contributed by atoms with Crippen molar-refractivity contribution in [3.05, 3.63) is 46.8 Å². The monoisotopic (exact) mass is 359 g/mol. The van der Waals surface area contributed by atoms with E-state index >= 15 is 0 Å². The number of benzene rings is 1. The van der Waals surface area contributed by atoms with Gasteiger partial charge in [0.15, 0.2) is 5.16 Å². The molecule has 0 aliphatic heterocycles. The fourth-order valence-corrected chi connectivity index (χ4v) is 3.82. The highest BCUT2D eigenvalue weighted by Gasteiger charge is 2.16. The largest absolute Gasteiger partial charge is 0.497 e. The molecule has 132 valence electrons. The van der Waals surface area contributed by atoms with Crippen molar-refractivity contribution < 1.29 is 13.7 Å². The van der Waals surface area contributed by atoms with Crippen molar-refractivity contribution in [1.82, 2.24) is 15.0 Å². The van der Waals surface area contributed by atoms with Gasteiger partial charge in [-0.05, 0) is 42.7 Å². The zero-order valence-corrected chi connectivity index (χ0v) is 15.6. The number of hydrogen-bond donors (Lipinski definition) is 1. The quantitative estimate of drug-likeness (QED) is 0.732. The first kappa shape index (κ1) is 17.6. The second-order valence-corrected chi connectivity index (χ2v) is 7.21. The highest BCUT2D eigenvalue weighted by Crippen LogP contribution is 2.22. The number of pyridine rings is 1. The van der Waals surface area contributed by atoms with Crippen molar-refractivity contribution >= 4 is 21.8 Å². The molecule has 7 heteroatoms. The maximum atomic E-state index is 12.8. The zero-order chi connectivity index (χ0) is 18.0. The molecule has 3 aromatic rings. The predicted molar refractivity (Wildman–Crippen MR) is 97.2 cm³/mol. The lowest BCUT2D eigenvalue weighted by Crippen LogP contribution is -2.07. The molecule has 25 heavy (non-hydrogen) atoms. The summed E-state index contributed by atoms with van der Waals surface area (Å²) in [7, 11) is 1.96. The molecule has 0 fully saturated rings. The normalized spacial score (nSPS) is 12.5. The SMILES string of the molecule is COCc1c(C)cnc(CS(=O)c2nc3ccc(OC)cc3[nH]2)c1C. The number of nitrogens with zero attached hydrogens (tertiary/aromatic N) is 2. The van der Waals surface area contributed by atoms with Gasteiger partial charge in [0.1, 0.15) is 5.75 Å². The number of aromatic nitrogens is 3. The van der Waals surface area contributed by atoms with E-state index in [-0.39, 0.29) is 0 Å². The number of aryl methyl sites for hydroxylation is 1. The molecular formula is C18H21N3O3S. The molecule has 1 N–H and O–H groups in total.